The van der Waals surface area contributed by atoms with Crippen molar-refractivity contribution in [2.24, 2.45) is 0 Å². The molecule has 0 aliphatic rings. The molecule has 0 unspecified atom stereocenters. The Labute approximate surface area is 111 Å². The summed E-state index contributed by atoms with van der Waals surface area (Å²) in [5.74, 6) is 0.153. The van der Waals surface area contributed by atoms with Gasteiger partial charge in [0, 0.05) is 12.1 Å². The average molecular weight is 259 g/mol. The molecule has 0 atom stereocenters. The fourth-order valence-electron chi connectivity index (χ4n) is 1.67. The van der Waals surface area contributed by atoms with Crippen molar-refractivity contribution in [3.05, 3.63) is 65.5 Å². The predicted molar refractivity (Wildman–Crippen MR) is 70.6 cm³/mol. The molecular weight excluding hydrogens is 245 g/mol. The summed E-state index contributed by atoms with van der Waals surface area (Å²) in [5.41, 5.74) is 1.37. The first-order valence-corrected chi connectivity index (χ1v) is 5.86. The summed E-state index contributed by atoms with van der Waals surface area (Å²) in [7, 11) is 1.59. The standard InChI is InChI=1S/C15H14FNO2/c1-19-14-4-2-3-11(9-14)10-17-15(18)12-5-7-13(16)8-6-12/h2-9H,10H2,1H3,(H,17,18). The molecule has 0 heterocycles. The van der Waals surface area contributed by atoms with Gasteiger partial charge in [0.1, 0.15) is 11.6 Å². The van der Waals surface area contributed by atoms with Crippen LogP contribution in [0.25, 0.3) is 0 Å². The largest absolute Gasteiger partial charge is 0.497 e. The summed E-state index contributed by atoms with van der Waals surface area (Å²) in [6, 6.07) is 12.9. The summed E-state index contributed by atoms with van der Waals surface area (Å²) in [5, 5.41) is 2.77. The topological polar surface area (TPSA) is 38.3 Å². The molecule has 0 saturated carbocycles. The zero-order chi connectivity index (χ0) is 13.7. The van der Waals surface area contributed by atoms with Crippen molar-refractivity contribution in [1.82, 2.24) is 5.32 Å². The van der Waals surface area contributed by atoms with Gasteiger partial charge in [-0.3, -0.25) is 4.79 Å². The molecule has 0 bridgehead atoms. The van der Waals surface area contributed by atoms with Crippen molar-refractivity contribution in [3.63, 3.8) is 0 Å². The summed E-state index contributed by atoms with van der Waals surface area (Å²) >= 11 is 0. The van der Waals surface area contributed by atoms with Crippen LogP contribution in [0.15, 0.2) is 48.5 Å². The number of hydrogen-bond acceptors (Lipinski definition) is 2. The van der Waals surface area contributed by atoms with Crippen molar-refractivity contribution in [1.29, 1.82) is 0 Å². The van der Waals surface area contributed by atoms with Crippen LogP contribution >= 0.6 is 0 Å². The maximum atomic E-state index is 12.7. The first-order chi connectivity index (χ1) is 9.19. The average Bonchev–Trinajstić information content (AvgIpc) is 2.46. The van der Waals surface area contributed by atoms with E-state index in [1.54, 1.807) is 7.11 Å². The van der Waals surface area contributed by atoms with E-state index in [1.165, 1.54) is 24.3 Å². The normalized spacial score (nSPS) is 10.0. The fraction of sp³-hybridized carbons (Fsp3) is 0.133. The van der Waals surface area contributed by atoms with Crippen LogP contribution in [0.5, 0.6) is 5.75 Å². The van der Waals surface area contributed by atoms with E-state index in [2.05, 4.69) is 5.32 Å². The smallest absolute Gasteiger partial charge is 0.251 e. The number of ether oxygens (including phenoxy) is 1. The maximum absolute atomic E-state index is 12.7. The molecule has 0 saturated heterocycles. The van der Waals surface area contributed by atoms with E-state index in [9.17, 15) is 9.18 Å². The van der Waals surface area contributed by atoms with Crippen molar-refractivity contribution in [2.75, 3.05) is 7.11 Å². The van der Waals surface area contributed by atoms with Crippen molar-refractivity contribution < 1.29 is 13.9 Å². The lowest BCUT2D eigenvalue weighted by molar-refractivity contribution is 0.0951. The van der Waals surface area contributed by atoms with Crippen molar-refractivity contribution in [3.8, 4) is 5.75 Å². The van der Waals surface area contributed by atoms with E-state index >= 15 is 0 Å². The quantitative estimate of drug-likeness (QED) is 0.916. The van der Waals surface area contributed by atoms with E-state index in [0.717, 1.165) is 11.3 Å². The second-order valence-corrected chi connectivity index (χ2v) is 4.04. The lowest BCUT2D eigenvalue weighted by atomic mass is 10.2. The van der Waals surface area contributed by atoms with Crippen LogP contribution in [-0.4, -0.2) is 13.0 Å². The van der Waals surface area contributed by atoms with E-state index in [-0.39, 0.29) is 11.7 Å². The van der Waals surface area contributed by atoms with Gasteiger partial charge < -0.3 is 10.1 Å². The van der Waals surface area contributed by atoms with Crippen LogP contribution in [0.2, 0.25) is 0 Å². The molecule has 4 heteroatoms. The number of hydrogen-bond donors (Lipinski definition) is 1. The number of amides is 1. The Morgan fingerprint density at radius 2 is 1.95 bits per heavy atom. The van der Waals surface area contributed by atoms with E-state index in [4.69, 9.17) is 4.74 Å². The number of halogens is 1. The molecule has 1 amide bonds. The molecule has 3 nitrogen and oxygen atoms in total. The molecule has 0 aliphatic carbocycles. The van der Waals surface area contributed by atoms with Gasteiger partial charge in [-0.15, -0.1) is 0 Å². The van der Waals surface area contributed by atoms with Gasteiger partial charge in [0.25, 0.3) is 5.91 Å². The number of nitrogens with one attached hydrogen (secondary N) is 1. The van der Waals surface area contributed by atoms with Gasteiger partial charge in [-0.25, -0.2) is 4.39 Å². The highest BCUT2D eigenvalue weighted by atomic mass is 19.1. The third-order valence-corrected chi connectivity index (χ3v) is 2.69. The van der Waals surface area contributed by atoms with E-state index < -0.39 is 0 Å². The van der Waals surface area contributed by atoms with Crippen LogP contribution in [0.3, 0.4) is 0 Å². The summed E-state index contributed by atoms with van der Waals surface area (Å²) in [4.78, 5) is 11.8. The maximum Gasteiger partial charge on any atom is 0.251 e. The number of rotatable bonds is 4. The van der Waals surface area contributed by atoms with Crippen LogP contribution in [0.4, 0.5) is 4.39 Å². The third kappa shape index (κ3) is 3.55. The van der Waals surface area contributed by atoms with Gasteiger partial charge >= 0.3 is 0 Å². The minimum absolute atomic E-state index is 0.234. The molecule has 1 N–H and O–H groups in total. The van der Waals surface area contributed by atoms with E-state index in [1.807, 2.05) is 24.3 Å². The molecule has 2 aromatic rings. The highest BCUT2D eigenvalue weighted by Crippen LogP contribution is 2.12. The molecule has 0 spiro atoms. The molecule has 19 heavy (non-hydrogen) atoms. The Hall–Kier alpha value is -2.36. The van der Waals surface area contributed by atoms with Gasteiger partial charge in [-0.05, 0) is 42.0 Å². The SMILES string of the molecule is COc1cccc(CNC(=O)c2ccc(F)cc2)c1. The van der Waals surface area contributed by atoms with Gasteiger partial charge in [-0.1, -0.05) is 12.1 Å². The molecular formula is C15H14FNO2. The zero-order valence-electron chi connectivity index (χ0n) is 10.5. The van der Waals surface area contributed by atoms with Gasteiger partial charge in [-0.2, -0.15) is 0 Å². The monoisotopic (exact) mass is 259 g/mol. The molecule has 0 aromatic heterocycles. The molecule has 0 aliphatic heterocycles. The van der Waals surface area contributed by atoms with Gasteiger partial charge in [0.15, 0.2) is 0 Å². The molecule has 2 aromatic carbocycles. The Morgan fingerprint density at radius 1 is 1.21 bits per heavy atom. The molecule has 98 valence electrons. The minimum atomic E-state index is -0.357. The molecule has 0 radical (unpaired) electrons. The van der Waals surface area contributed by atoms with Crippen molar-refractivity contribution >= 4 is 5.91 Å². The Balaban J connectivity index is 1.98. The first kappa shape index (κ1) is 13.1. The summed E-state index contributed by atoms with van der Waals surface area (Å²) in [6.07, 6.45) is 0. The Bertz CT molecular complexity index is 567. The van der Waals surface area contributed by atoms with Gasteiger partial charge in [0.2, 0.25) is 0 Å². The van der Waals surface area contributed by atoms with Crippen LogP contribution in [-0.2, 0) is 6.54 Å². The second-order valence-electron chi connectivity index (χ2n) is 4.04. The van der Waals surface area contributed by atoms with Crippen LogP contribution in [0, 0.1) is 5.82 Å². The lowest BCUT2D eigenvalue weighted by Crippen LogP contribution is -2.22. The Kier molecular flexibility index (Phi) is 4.13. The highest BCUT2D eigenvalue weighted by molar-refractivity contribution is 5.94. The third-order valence-electron chi connectivity index (χ3n) is 2.69. The number of methoxy groups -OCH3 is 1. The molecule has 2 rings (SSSR count). The minimum Gasteiger partial charge on any atom is -0.497 e. The lowest BCUT2D eigenvalue weighted by Gasteiger charge is -2.07. The van der Waals surface area contributed by atoms with Crippen LogP contribution in [0.1, 0.15) is 15.9 Å². The first-order valence-electron chi connectivity index (χ1n) is 5.86. The number of carbonyl (C=O) groups excluding carboxylic acids is 1. The summed E-state index contributed by atoms with van der Waals surface area (Å²) < 4.78 is 17.8. The van der Waals surface area contributed by atoms with E-state index in [0.29, 0.717) is 12.1 Å². The number of carbonyl (C=O) groups is 1. The molecule has 0 fully saturated rings. The summed E-state index contributed by atoms with van der Waals surface area (Å²) in [6.45, 7) is 0.396. The number of benzene rings is 2. The second kappa shape index (κ2) is 6.00. The highest BCUT2D eigenvalue weighted by Gasteiger charge is 2.05. The van der Waals surface area contributed by atoms with Crippen molar-refractivity contribution in [2.45, 2.75) is 6.54 Å². The van der Waals surface area contributed by atoms with Gasteiger partial charge in [0.05, 0.1) is 7.11 Å². The zero-order valence-corrected chi connectivity index (χ0v) is 10.5. The fourth-order valence-corrected chi connectivity index (χ4v) is 1.67. The Morgan fingerprint density at radius 3 is 2.63 bits per heavy atom. The van der Waals surface area contributed by atoms with Crippen LogP contribution < -0.4 is 10.1 Å². The predicted octanol–water partition coefficient (Wildman–Crippen LogP) is 2.76.